The number of rotatable bonds is 4. The van der Waals surface area contributed by atoms with Gasteiger partial charge in [-0.15, -0.1) is 22.1 Å². The number of aromatic nitrogens is 8. The SMILES string of the molecule is Cn1ccnc1-c1c2nc(c(-c3ccc(F)cc3)c3ccc([n-]3)c(-c3nccn3C)c3nc(c(-c4ccc(F)cc4)c4ccc1[n-]4)C=C3)C=C2.[Mn+3]. The summed E-state index contributed by atoms with van der Waals surface area (Å²) in [6.45, 7) is 0. The predicted molar refractivity (Wildman–Crippen MR) is 192 cm³/mol. The van der Waals surface area contributed by atoms with E-state index in [0.717, 1.165) is 33.4 Å². The molecular weight excluding hydrogens is 685 g/mol. The molecule has 7 aromatic rings. The first-order chi connectivity index (χ1) is 24.4. The van der Waals surface area contributed by atoms with Gasteiger partial charge in [-0.05, 0) is 70.8 Å². The van der Waals surface area contributed by atoms with E-state index in [0.29, 0.717) is 56.5 Å². The van der Waals surface area contributed by atoms with E-state index < -0.39 is 0 Å². The van der Waals surface area contributed by atoms with E-state index in [1.807, 2.05) is 84.2 Å². The Morgan fingerprint density at radius 3 is 1.14 bits per heavy atom. The van der Waals surface area contributed by atoms with Crippen LogP contribution in [-0.4, -0.2) is 29.1 Å². The van der Waals surface area contributed by atoms with Crippen molar-refractivity contribution < 1.29 is 25.8 Å². The van der Waals surface area contributed by atoms with Crippen LogP contribution in [0.3, 0.4) is 0 Å². The molecule has 0 atom stereocenters. The molecule has 0 aliphatic carbocycles. The van der Waals surface area contributed by atoms with Crippen molar-refractivity contribution in [3.63, 3.8) is 0 Å². The molecule has 0 saturated heterocycles. The van der Waals surface area contributed by atoms with Gasteiger partial charge in [-0.2, -0.15) is 0 Å². The van der Waals surface area contributed by atoms with E-state index in [-0.39, 0.29) is 28.7 Å². The van der Waals surface area contributed by atoms with E-state index in [4.69, 9.17) is 19.9 Å². The van der Waals surface area contributed by atoms with Crippen LogP contribution >= 0.6 is 0 Å². The van der Waals surface area contributed by atoms with Gasteiger partial charge in [0.15, 0.2) is 0 Å². The summed E-state index contributed by atoms with van der Waals surface area (Å²) in [5.41, 5.74) is 9.77. The molecule has 7 heterocycles. The predicted octanol–water partition coefficient (Wildman–Crippen LogP) is 8.32. The monoisotopic (exact) mass is 711 g/mol. The van der Waals surface area contributed by atoms with Crippen molar-refractivity contribution in [1.82, 2.24) is 39.0 Å². The van der Waals surface area contributed by atoms with E-state index in [9.17, 15) is 8.78 Å². The Bertz CT molecular complexity index is 2510. The second-order valence-electron chi connectivity index (χ2n) is 12.1. The zero-order chi connectivity index (χ0) is 33.9. The first kappa shape index (κ1) is 32.1. The number of halogens is 2. The minimum atomic E-state index is -0.335. The average Bonchev–Trinajstić information content (AvgIpc) is 3.97. The van der Waals surface area contributed by atoms with Gasteiger partial charge < -0.3 is 19.1 Å². The molecule has 8 nitrogen and oxygen atoms in total. The van der Waals surface area contributed by atoms with Crippen LogP contribution < -0.4 is 9.97 Å². The maximum Gasteiger partial charge on any atom is 3.00 e. The molecule has 0 radical (unpaired) electrons. The Labute approximate surface area is 301 Å². The Morgan fingerprint density at radius 2 is 0.804 bits per heavy atom. The van der Waals surface area contributed by atoms with Gasteiger partial charge in [-0.1, -0.05) is 48.5 Å². The van der Waals surface area contributed by atoms with Gasteiger partial charge in [0.25, 0.3) is 0 Å². The summed E-state index contributed by atoms with van der Waals surface area (Å²) in [7, 11) is 3.85. The van der Waals surface area contributed by atoms with Crippen molar-refractivity contribution in [3.8, 4) is 45.0 Å². The molecule has 0 saturated carbocycles. The van der Waals surface area contributed by atoms with E-state index in [2.05, 4.69) is 9.97 Å². The van der Waals surface area contributed by atoms with Gasteiger partial charge in [0, 0.05) is 50.0 Å². The zero-order valence-electron chi connectivity index (χ0n) is 27.3. The summed E-state index contributed by atoms with van der Waals surface area (Å²) in [5, 5.41) is 0. The third-order valence-corrected chi connectivity index (χ3v) is 8.96. The number of hydrogen-bond donors (Lipinski definition) is 0. The van der Waals surface area contributed by atoms with Crippen LogP contribution in [0, 0.1) is 11.6 Å². The van der Waals surface area contributed by atoms with Crippen LogP contribution in [0.15, 0.2) is 97.6 Å². The summed E-state index contributed by atoms with van der Waals surface area (Å²) >= 11 is 0. The topological polar surface area (TPSA) is 89.6 Å². The second-order valence-corrected chi connectivity index (χ2v) is 12.1. The van der Waals surface area contributed by atoms with Crippen LogP contribution in [0.1, 0.15) is 22.8 Å². The van der Waals surface area contributed by atoms with Crippen LogP contribution in [0.5, 0.6) is 0 Å². The van der Waals surface area contributed by atoms with Gasteiger partial charge in [-0.3, -0.25) is 0 Å². The molecule has 2 aliphatic heterocycles. The number of fused-ring (bicyclic) bond motifs is 8. The number of hydrogen-bond acceptors (Lipinski definition) is 4. The van der Waals surface area contributed by atoms with Crippen LogP contribution in [0.2, 0.25) is 0 Å². The number of aryl methyl sites for hydroxylation is 2. The minimum Gasteiger partial charge on any atom is -0.657 e. The standard InChI is InChI=1S/C40H26F2N8.Mn/c1-49-21-19-43-39(49)37-31-15-11-27(45-31)35(23-3-7-25(41)8-4-23)29-13-17-33(47-29)38(40-44-20-22-50(40)2)34-18-14-30(48-34)36(28-12-16-32(37)46-28)24-5-9-26(42)10-6-24;/h3-22H,1-2H3;/q-2;+3. The maximum absolute atomic E-state index is 14.2. The fourth-order valence-corrected chi connectivity index (χ4v) is 6.58. The van der Waals surface area contributed by atoms with Crippen LogP contribution in [0.25, 0.3) is 91.4 Å². The normalized spacial score (nSPS) is 12.0. The molecule has 9 rings (SSSR count). The number of nitrogens with zero attached hydrogens (tertiary/aromatic N) is 8. The summed E-state index contributed by atoms with van der Waals surface area (Å²) in [4.78, 5) is 30.0. The molecule has 0 N–H and O–H groups in total. The summed E-state index contributed by atoms with van der Waals surface area (Å²) in [6.07, 6.45) is 15.0. The van der Waals surface area contributed by atoms with Crippen molar-refractivity contribution in [1.29, 1.82) is 0 Å². The zero-order valence-corrected chi connectivity index (χ0v) is 28.4. The molecule has 11 heteroatoms. The third-order valence-electron chi connectivity index (χ3n) is 8.96. The molecule has 0 spiro atoms. The second kappa shape index (κ2) is 12.6. The van der Waals surface area contributed by atoms with Crippen molar-refractivity contribution in [2.24, 2.45) is 14.1 Å². The quantitative estimate of drug-likeness (QED) is 0.171. The van der Waals surface area contributed by atoms with E-state index in [1.165, 1.54) is 24.3 Å². The number of benzene rings is 2. The molecule has 51 heavy (non-hydrogen) atoms. The Balaban J connectivity index is 0.00000374. The van der Waals surface area contributed by atoms with Gasteiger partial charge >= 0.3 is 17.1 Å². The van der Waals surface area contributed by atoms with Gasteiger partial charge in [-0.25, -0.2) is 28.7 Å². The largest absolute Gasteiger partial charge is 3.00 e. The Hall–Kier alpha value is -6.16. The summed E-state index contributed by atoms with van der Waals surface area (Å²) in [6, 6.07) is 20.5. The molecule has 2 aliphatic rings. The summed E-state index contributed by atoms with van der Waals surface area (Å²) in [5.74, 6) is 0.699. The van der Waals surface area contributed by atoms with Gasteiger partial charge in [0.1, 0.15) is 23.3 Å². The summed E-state index contributed by atoms with van der Waals surface area (Å²) < 4.78 is 32.2. The molecule has 0 fully saturated rings. The minimum absolute atomic E-state index is 0. The van der Waals surface area contributed by atoms with Crippen molar-refractivity contribution in [2.45, 2.75) is 0 Å². The smallest absolute Gasteiger partial charge is 0.657 e. The first-order valence-electron chi connectivity index (χ1n) is 15.9. The molecule has 8 bridgehead atoms. The van der Waals surface area contributed by atoms with Gasteiger partial charge in [0.2, 0.25) is 0 Å². The Morgan fingerprint density at radius 1 is 0.471 bits per heavy atom. The van der Waals surface area contributed by atoms with Crippen molar-refractivity contribution in [3.05, 3.63) is 132 Å². The molecule has 246 valence electrons. The van der Waals surface area contributed by atoms with Crippen LogP contribution in [0.4, 0.5) is 8.78 Å². The van der Waals surface area contributed by atoms with Crippen molar-refractivity contribution >= 4 is 46.4 Å². The molecule has 0 unspecified atom stereocenters. The molecule has 0 amide bonds. The molecule has 2 aromatic carbocycles. The maximum atomic E-state index is 14.2. The first-order valence-corrected chi connectivity index (χ1v) is 15.9. The van der Waals surface area contributed by atoms with Crippen molar-refractivity contribution in [2.75, 3.05) is 0 Å². The Kier molecular flexibility index (Phi) is 7.94. The third kappa shape index (κ3) is 5.53. The van der Waals surface area contributed by atoms with Gasteiger partial charge in [0.05, 0.1) is 22.8 Å². The van der Waals surface area contributed by atoms with Crippen LogP contribution in [-0.2, 0) is 31.2 Å². The average molecular weight is 712 g/mol. The molecule has 5 aromatic heterocycles. The van der Waals surface area contributed by atoms with E-state index >= 15 is 0 Å². The van der Waals surface area contributed by atoms with E-state index in [1.54, 1.807) is 36.7 Å². The fraction of sp³-hybridized carbons (Fsp3) is 0.0500. The molecular formula is C40H26F2MnN8+. The number of imidazole rings is 2. The fourth-order valence-electron chi connectivity index (χ4n) is 6.58.